The lowest BCUT2D eigenvalue weighted by Crippen LogP contribution is -2.16. The smallest absolute Gasteiger partial charge is 0.337 e. The predicted octanol–water partition coefficient (Wildman–Crippen LogP) is 3.74. The molecule has 0 radical (unpaired) electrons. The van der Waals surface area contributed by atoms with Crippen molar-refractivity contribution in [3.8, 4) is 0 Å². The second kappa shape index (κ2) is 6.28. The van der Waals surface area contributed by atoms with Crippen LogP contribution in [0.4, 0.5) is 11.4 Å². The summed E-state index contributed by atoms with van der Waals surface area (Å²) in [5.41, 5.74) is 6.56. The van der Waals surface area contributed by atoms with Gasteiger partial charge in [-0.1, -0.05) is 31.9 Å². The van der Waals surface area contributed by atoms with Gasteiger partial charge in [-0.2, -0.15) is 0 Å². The van der Waals surface area contributed by atoms with E-state index in [0.717, 1.165) is 4.47 Å². The molecule has 7 heteroatoms. The predicted molar refractivity (Wildman–Crippen MR) is 87.6 cm³/mol. The monoisotopic (exact) mass is 412 g/mol. The molecular weight excluding hydrogens is 404 g/mol. The van der Waals surface area contributed by atoms with Crippen LogP contribution < -0.4 is 11.1 Å². The molecule has 1 amide bonds. The fourth-order valence-corrected chi connectivity index (χ4v) is 2.47. The Hall–Kier alpha value is -1.86. The van der Waals surface area contributed by atoms with Crippen molar-refractivity contribution in [3.05, 3.63) is 56.5 Å². The summed E-state index contributed by atoms with van der Waals surface area (Å²) in [6, 6.07) is 9.43. The van der Waals surface area contributed by atoms with E-state index in [1.807, 2.05) is 0 Å². The normalized spacial score (nSPS) is 10.2. The van der Waals surface area contributed by atoms with Crippen LogP contribution >= 0.6 is 31.9 Å². The summed E-state index contributed by atoms with van der Waals surface area (Å²) in [5, 5.41) is 11.7. The number of anilines is 2. The largest absolute Gasteiger partial charge is 0.478 e. The van der Waals surface area contributed by atoms with E-state index < -0.39 is 11.9 Å². The van der Waals surface area contributed by atoms with Gasteiger partial charge >= 0.3 is 5.97 Å². The first-order chi connectivity index (χ1) is 9.88. The molecular formula is C14H10Br2N2O3. The zero-order valence-corrected chi connectivity index (χ0v) is 13.7. The second-order valence-electron chi connectivity index (χ2n) is 4.18. The van der Waals surface area contributed by atoms with E-state index in [2.05, 4.69) is 37.2 Å². The van der Waals surface area contributed by atoms with E-state index in [9.17, 15) is 9.59 Å². The van der Waals surface area contributed by atoms with Gasteiger partial charge < -0.3 is 16.2 Å². The minimum absolute atomic E-state index is 0.00610. The molecule has 2 aromatic carbocycles. The Morgan fingerprint density at radius 2 is 1.62 bits per heavy atom. The number of nitrogen functional groups attached to an aromatic ring is 1. The highest BCUT2D eigenvalue weighted by molar-refractivity contribution is 9.10. The molecule has 0 aliphatic carbocycles. The van der Waals surface area contributed by atoms with Crippen molar-refractivity contribution in [2.75, 3.05) is 11.1 Å². The highest BCUT2D eigenvalue weighted by Crippen LogP contribution is 2.24. The Balaban J connectivity index is 2.34. The van der Waals surface area contributed by atoms with E-state index in [0.29, 0.717) is 10.2 Å². The Morgan fingerprint density at radius 3 is 2.24 bits per heavy atom. The standard InChI is InChI=1S/C14H10Br2N2O3/c15-7-2-4-12(10(5-7)14(20)21)18-13(19)9-3-1-8(16)6-11(9)17/h1-6H,17H2,(H,18,19)(H,20,21). The SMILES string of the molecule is Nc1cc(Br)ccc1C(=O)Nc1ccc(Br)cc1C(=O)O. The van der Waals surface area contributed by atoms with Gasteiger partial charge in [0.2, 0.25) is 0 Å². The van der Waals surface area contributed by atoms with Crippen LogP contribution in [-0.2, 0) is 0 Å². The lowest BCUT2D eigenvalue weighted by molar-refractivity contribution is 0.0698. The van der Waals surface area contributed by atoms with Crippen molar-refractivity contribution in [2.45, 2.75) is 0 Å². The van der Waals surface area contributed by atoms with Crippen LogP contribution in [-0.4, -0.2) is 17.0 Å². The van der Waals surface area contributed by atoms with Crippen molar-refractivity contribution >= 4 is 55.1 Å². The third-order valence-electron chi connectivity index (χ3n) is 2.72. The first-order valence-corrected chi connectivity index (χ1v) is 7.36. The molecule has 0 atom stereocenters. The van der Waals surface area contributed by atoms with Gasteiger partial charge in [-0.05, 0) is 36.4 Å². The number of rotatable bonds is 3. The Labute approximate surface area is 137 Å². The van der Waals surface area contributed by atoms with Crippen LogP contribution in [0.25, 0.3) is 0 Å². The molecule has 108 valence electrons. The van der Waals surface area contributed by atoms with Crippen molar-refractivity contribution in [1.82, 2.24) is 0 Å². The lowest BCUT2D eigenvalue weighted by Gasteiger charge is -2.10. The average molecular weight is 414 g/mol. The van der Waals surface area contributed by atoms with E-state index >= 15 is 0 Å². The van der Waals surface area contributed by atoms with Crippen molar-refractivity contribution in [2.24, 2.45) is 0 Å². The summed E-state index contributed by atoms with van der Waals surface area (Å²) < 4.78 is 1.37. The maximum Gasteiger partial charge on any atom is 0.337 e. The van der Waals surface area contributed by atoms with Crippen LogP contribution in [0.2, 0.25) is 0 Å². The zero-order valence-electron chi connectivity index (χ0n) is 10.6. The molecule has 5 nitrogen and oxygen atoms in total. The molecule has 0 bridgehead atoms. The molecule has 0 saturated heterocycles. The fraction of sp³-hybridized carbons (Fsp3) is 0. The molecule has 0 unspecified atom stereocenters. The molecule has 0 aliphatic heterocycles. The number of carbonyl (C=O) groups excluding carboxylic acids is 1. The van der Waals surface area contributed by atoms with Gasteiger partial charge in [0, 0.05) is 14.6 Å². The molecule has 0 saturated carbocycles. The highest BCUT2D eigenvalue weighted by Gasteiger charge is 2.15. The molecule has 4 N–H and O–H groups in total. The first kappa shape index (κ1) is 15.5. The zero-order chi connectivity index (χ0) is 15.6. The Kier molecular flexibility index (Phi) is 4.64. The van der Waals surface area contributed by atoms with Crippen LogP contribution in [0.3, 0.4) is 0 Å². The van der Waals surface area contributed by atoms with Crippen molar-refractivity contribution < 1.29 is 14.7 Å². The van der Waals surface area contributed by atoms with Crippen LogP contribution in [0.1, 0.15) is 20.7 Å². The molecule has 0 fully saturated rings. The van der Waals surface area contributed by atoms with E-state index in [1.54, 1.807) is 24.3 Å². The average Bonchev–Trinajstić information content (AvgIpc) is 2.40. The number of carboxylic acid groups (broad SMARTS) is 1. The number of hydrogen-bond donors (Lipinski definition) is 3. The third kappa shape index (κ3) is 3.62. The number of aromatic carboxylic acids is 1. The second-order valence-corrected chi connectivity index (χ2v) is 6.01. The lowest BCUT2D eigenvalue weighted by atomic mass is 10.1. The van der Waals surface area contributed by atoms with Crippen LogP contribution in [0.5, 0.6) is 0 Å². The topological polar surface area (TPSA) is 92.4 Å². The van der Waals surface area contributed by atoms with Gasteiger partial charge in [-0.15, -0.1) is 0 Å². The molecule has 2 rings (SSSR count). The number of carbonyl (C=O) groups is 2. The number of amides is 1. The summed E-state index contributed by atoms with van der Waals surface area (Å²) in [6.07, 6.45) is 0. The van der Waals surface area contributed by atoms with Gasteiger partial charge in [-0.25, -0.2) is 4.79 Å². The minimum atomic E-state index is -1.13. The molecule has 0 aromatic heterocycles. The quantitative estimate of drug-likeness (QED) is 0.668. The third-order valence-corrected chi connectivity index (χ3v) is 3.70. The van der Waals surface area contributed by atoms with E-state index in [4.69, 9.17) is 10.8 Å². The van der Waals surface area contributed by atoms with Crippen molar-refractivity contribution in [3.63, 3.8) is 0 Å². The first-order valence-electron chi connectivity index (χ1n) is 5.77. The number of nitrogens with one attached hydrogen (secondary N) is 1. The maximum atomic E-state index is 12.2. The van der Waals surface area contributed by atoms with Crippen molar-refractivity contribution in [1.29, 1.82) is 0 Å². The summed E-state index contributed by atoms with van der Waals surface area (Å²) in [4.78, 5) is 23.4. The minimum Gasteiger partial charge on any atom is -0.478 e. The van der Waals surface area contributed by atoms with Gasteiger partial charge in [0.05, 0.1) is 16.8 Å². The van der Waals surface area contributed by atoms with Crippen LogP contribution in [0, 0.1) is 0 Å². The highest BCUT2D eigenvalue weighted by atomic mass is 79.9. The number of hydrogen-bond acceptors (Lipinski definition) is 3. The molecule has 0 aliphatic rings. The number of benzene rings is 2. The van der Waals surface area contributed by atoms with Gasteiger partial charge in [0.25, 0.3) is 5.91 Å². The molecule has 21 heavy (non-hydrogen) atoms. The van der Waals surface area contributed by atoms with Gasteiger partial charge in [0.15, 0.2) is 0 Å². The number of halogens is 2. The Morgan fingerprint density at radius 1 is 1.00 bits per heavy atom. The molecule has 2 aromatic rings. The molecule has 0 spiro atoms. The van der Waals surface area contributed by atoms with Gasteiger partial charge in [-0.3, -0.25) is 4.79 Å². The maximum absolute atomic E-state index is 12.2. The number of nitrogens with two attached hydrogens (primary N) is 1. The number of carboxylic acids is 1. The Bertz CT molecular complexity index is 732. The van der Waals surface area contributed by atoms with E-state index in [-0.39, 0.29) is 16.8 Å². The van der Waals surface area contributed by atoms with Gasteiger partial charge in [0.1, 0.15) is 0 Å². The summed E-state index contributed by atoms with van der Waals surface area (Å²) in [6.45, 7) is 0. The van der Waals surface area contributed by atoms with E-state index in [1.165, 1.54) is 12.1 Å². The van der Waals surface area contributed by atoms with Crippen LogP contribution in [0.15, 0.2) is 45.3 Å². The summed E-state index contributed by atoms with van der Waals surface area (Å²) in [7, 11) is 0. The summed E-state index contributed by atoms with van der Waals surface area (Å²) in [5.74, 6) is -1.60. The fourth-order valence-electron chi connectivity index (χ4n) is 1.73. The molecule has 0 heterocycles. The summed E-state index contributed by atoms with van der Waals surface area (Å²) >= 11 is 6.45.